The Kier molecular flexibility index (Phi) is 6.13. The number of aliphatic hydroxyl groups excluding tert-OH is 2. The third-order valence-corrected chi connectivity index (χ3v) is 5.34. The zero-order chi connectivity index (χ0) is 20.4. The average molecular weight is 408 g/mol. The highest BCUT2D eigenvalue weighted by Gasteiger charge is 2.25. The van der Waals surface area contributed by atoms with Crippen LogP contribution in [0.2, 0.25) is 5.02 Å². The van der Waals surface area contributed by atoms with Crippen molar-refractivity contribution < 1.29 is 19.0 Å². The van der Waals surface area contributed by atoms with Crippen LogP contribution in [-0.4, -0.2) is 21.8 Å². The van der Waals surface area contributed by atoms with Gasteiger partial charge in [-0.05, 0) is 59.2 Å². The molecule has 0 aliphatic heterocycles. The van der Waals surface area contributed by atoms with E-state index in [9.17, 15) is 23.8 Å². The Morgan fingerprint density at radius 2 is 1.89 bits per heavy atom. The number of fused-ring (bicyclic) bond motifs is 1. The molecule has 0 radical (unpaired) electrons. The number of aromatic amines is 1. The maximum absolute atomic E-state index is 13.7. The second kappa shape index (κ2) is 8.39. The van der Waals surface area contributed by atoms with Crippen LogP contribution in [-0.2, 0) is 0 Å². The molecule has 3 unspecified atom stereocenters. The zero-order valence-electron chi connectivity index (χ0n) is 15.1. The topological polar surface area (TPSA) is 73.3 Å². The van der Waals surface area contributed by atoms with Gasteiger partial charge in [0.05, 0.1) is 11.1 Å². The fourth-order valence-corrected chi connectivity index (χ4v) is 3.70. The molecule has 4 nitrogen and oxygen atoms in total. The molecule has 3 rings (SSSR count). The Bertz CT molecular complexity index is 1050. The number of halogens is 3. The van der Waals surface area contributed by atoms with Crippen molar-refractivity contribution >= 4 is 22.4 Å². The van der Waals surface area contributed by atoms with E-state index in [-0.39, 0.29) is 23.1 Å². The number of hydrogen-bond donors (Lipinski definition) is 3. The summed E-state index contributed by atoms with van der Waals surface area (Å²) in [7, 11) is 0. The number of benzene rings is 2. The fraction of sp³-hybridized carbons (Fsp3) is 0.286. The maximum atomic E-state index is 13.7. The summed E-state index contributed by atoms with van der Waals surface area (Å²) in [6, 6.07) is 7.88. The first-order valence-electron chi connectivity index (χ1n) is 8.86. The molecule has 2 aromatic carbocycles. The Balaban J connectivity index is 1.90. The number of aliphatic hydroxyl groups is 2. The van der Waals surface area contributed by atoms with Crippen LogP contribution in [0, 0.1) is 17.6 Å². The molecule has 3 aromatic rings. The van der Waals surface area contributed by atoms with Crippen LogP contribution in [0.3, 0.4) is 0 Å². The number of hydrogen-bond acceptors (Lipinski definition) is 3. The van der Waals surface area contributed by atoms with E-state index in [2.05, 4.69) is 4.98 Å². The Hall–Kier alpha value is -2.28. The Labute approximate surface area is 165 Å². The molecule has 0 aliphatic carbocycles. The third kappa shape index (κ3) is 4.09. The molecule has 3 N–H and O–H groups in total. The summed E-state index contributed by atoms with van der Waals surface area (Å²) in [6.45, 7) is 1.56. The van der Waals surface area contributed by atoms with Gasteiger partial charge >= 0.3 is 0 Å². The first-order valence-corrected chi connectivity index (χ1v) is 9.24. The summed E-state index contributed by atoms with van der Waals surface area (Å²) >= 11 is 5.78. The second-order valence-electron chi connectivity index (χ2n) is 6.96. The lowest BCUT2D eigenvalue weighted by Crippen LogP contribution is -2.20. The van der Waals surface area contributed by atoms with Crippen LogP contribution in [0.4, 0.5) is 8.78 Å². The van der Waals surface area contributed by atoms with E-state index in [1.807, 2.05) is 6.92 Å². The van der Waals surface area contributed by atoms with E-state index in [0.717, 1.165) is 6.07 Å². The lowest BCUT2D eigenvalue weighted by Gasteiger charge is -2.25. The van der Waals surface area contributed by atoms with E-state index in [1.165, 1.54) is 36.5 Å². The Morgan fingerprint density at radius 3 is 2.57 bits per heavy atom. The van der Waals surface area contributed by atoms with Gasteiger partial charge < -0.3 is 15.2 Å². The van der Waals surface area contributed by atoms with Gasteiger partial charge in [-0.2, -0.15) is 0 Å². The van der Waals surface area contributed by atoms with Gasteiger partial charge in [0.2, 0.25) is 0 Å². The molecule has 0 aliphatic rings. The van der Waals surface area contributed by atoms with Crippen LogP contribution in [0.1, 0.15) is 36.5 Å². The molecule has 1 heterocycles. The van der Waals surface area contributed by atoms with Crippen LogP contribution in [0.5, 0.6) is 0 Å². The summed E-state index contributed by atoms with van der Waals surface area (Å²) in [6.07, 6.45) is 0.825. The first kappa shape index (κ1) is 20.5. The van der Waals surface area contributed by atoms with Gasteiger partial charge in [0.15, 0.2) is 0 Å². The summed E-state index contributed by atoms with van der Waals surface area (Å²) in [5.41, 5.74) is 0.789. The first-order chi connectivity index (χ1) is 13.3. The maximum Gasteiger partial charge on any atom is 0.255 e. The molecule has 7 heteroatoms. The van der Waals surface area contributed by atoms with Crippen molar-refractivity contribution in [1.82, 2.24) is 4.98 Å². The number of pyridine rings is 1. The summed E-state index contributed by atoms with van der Waals surface area (Å²) < 4.78 is 27.1. The lowest BCUT2D eigenvalue weighted by molar-refractivity contribution is 0.0584. The van der Waals surface area contributed by atoms with Gasteiger partial charge in [-0.15, -0.1) is 0 Å². The fourth-order valence-electron chi connectivity index (χ4n) is 3.51. The van der Waals surface area contributed by atoms with Gasteiger partial charge in [-0.3, -0.25) is 4.79 Å². The number of rotatable bonds is 6. The predicted molar refractivity (Wildman–Crippen MR) is 105 cm³/mol. The minimum absolute atomic E-state index is 0.108. The molecule has 0 spiro atoms. The van der Waals surface area contributed by atoms with Crippen molar-refractivity contribution in [1.29, 1.82) is 0 Å². The van der Waals surface area contributed by atoms with E-state index < -0.39 is 23.7 Å². The van der Waals surface area contributed by atoms with E-state index in [4.69, 9.17) is 11.6 Å². The standard InChI is InChI=1S/C21H20ClF2NO3/c1-11(17-9-25-21(28)15-4-3-14(23)8-16(15)17)6-13(10-26)20(27)12-2-5-19(24)18(22)7-12/h2-5,7-9,11,13,20,26-27H,6,10H2,1H3,(H,25,28). The van der Waals surface area contributed by atoms with Crippen molar-refractivity contribution in [3.63, 3.8) is 0 Å². The van der Waals surface area contributed by atoms with Gasteiger partial charge in [0.1, 0.15) is 11.6 Å². The number of H-pyrrole nitrogens is 1. The molecular weight excluding hydrogens is 388 g/mol. The highest BCUT2D eigenvalue weighted by Crippen LogP contribution is 2.34. The van der Waals surface area contributed by atoms with Crippen molar-refractivity contribution in [2.24, 2.45) is 5.92 Å². The number of nitrogens with one attached hydrogen (secondary N) is 1. The minimum Gasteiger partial charge on any atom is -0.396 e. The monoisotopic (exact) mass is 407 g/mol. The van der Waals surface area contributed by atoms with Crippen LogP contribution < -0.4 is 5.56 Å². The summed E-state index contributed by atoms with van der Waals surface area (Å²) in [4.78, 5) is 14.6. The largest absolute Gasteiger partial charge is 0.396 e. The smallest absolute Gasteiger partial charge is 0.255 e. The van der Waals surface area contributed by atoms with Crippen molar-refractivity contribution in [3.05, 3.63) is 80.7 Å². The average Bonchev–Trinajstić information content (AvgIpc) is 2.67. The van der Waals surface area contributed by atoms with Crippen molar-refractivity contribution in [2.75, 3.05) is 6.61 Å². The molecule has 1 aromatic heterocycles. The normalized spacial score (nSPS) is 14.8. The molecule has 0 bridgehead atoms. The SMILES string of the molecule is CC(CC(CO)C(O)c1ccc(F)c(Cl)c1)c1c[nH]c(=O)c2ccc(F)cc12. The van der Waals surface area contributed by atoms with Crippen molar-refractivity contribution in [2.45, 2.75) is 25.4 Å². The quantitative estimate of drug-likeness (QED) is 0.570. The lowest BCUT2D eigenvalue weighted by atomic mass is 9.84. The van der Waals surface area contributed by atoms with Gasteiger partial charge in [-0.25, -0.2) is 8.78 Å². The molecule has 28 heavy (non-hydrogen) atoms. The highest BCUT2D eigenvalue weighted by atomic mass is 35.5. The molecule has 0 fully saturated rings. The molecule has 0 saturated heterocycles. The van der Waals surface area contributed by atoms with E-state index in [0.29, 0.717) is 28.3 Å². The van der Waals surface area contributed by atoms with Gasteiger partial charge in [0, 0.05) is 24.1 Å². The third-order valence-electron chi connectivity index (χ3n) is 5.05. The Morgan fingerprint density at radius 1 is 1.14 bits per heavy atom. The molecular formula is C21H20ClF2NO3. The predicted octanol–water partition coefficient (Wildman–Crippen LogP) is 4.30. The minimum atomic E-state index is -1.06. The van der Waals surface area contributed by atoms with E-state index >= 15 is 0 Å². The van der Waals surface area contributed by atoms with Crippen molar-refractivity contribution in [3.8, 4) is 0 Å². The number of aromatic nitrogens is 1. The van der Waals surface area contributed by atoms with E-state index in [1.54, 1.807) is 0 Å². The zero-order valence-corrected chi connectivity index (χ0v) is 15.9. The van der Waals surface area contributed by atoms with Crippen LogP contribution in [0.15, 0.2) is 47.4 Å². The van der Waals surface area contributed by atoms with Crippen LogP contribution >= 0.6 is 11.6 Å². The highest BCUT2D eigenvalue weighted by molar-refractivity contribution is 6.30. The molecule has 0 saturated carbocycles. The second-order valence-corrected chi connectivity index (χ2v) is 7.37. The molecule has 148 valence electrons. The summed E-state index contributed by atoms with van der Waals surface area (Å²) in [5.74, 6) is -1.81. The molecule has 3 atom stereocenters. The van der Waals surface area contributed by atoms with Gasteiger partial charge in [-0.1, -0.05) is 24.6 Å². The van der Waals surface area contributed by atoms with Gasteiger partial charge in [0.25, 0.3) is 5.56 Å². The molecule has 0 amide bonds. The summed E-state index contributed by atoms with van der Waals surface area (Å²) in [5, 5.41) is 21.2. The van der Waals surface area contributed by atoms with Crippen LogP contribution in [0.25, 0.3) is 10.8 Å².